The first-order valence-electron chi connectivity index (χ1n) is 7.08. The maximum absolute atomic E-state index is 12.6. The molecule has 7 heteroatoms. The van der Waals surface area contributed by atoms with E-state index in [0.29, 0.717) is 6.54 Å². The van der Waals surface area contributed by atoms with Gasteiger partial charge in [-0.15, -0.1) is 12.4 Å². The highest BCUT2D eigenvalue weighted by molar-refractivity contribution is 5.86. The van der Waals surface area contributed by atoms with Crippen molar-refractivity contribution in [3.05, 3.63) is 0 Å². The van der Waals surface area contributed by atoms with Gasteiger partial charge in [-0.2, -0.15) is 0 Å². The molecule has 0 aromatic rings. The molecule has 2 aliphatic rings. The van der Waals surface area contributed by atoms with Crippen molar-refractivity contribution >= 4 is 24.4 Å². The molecule has 0 aliphatic carbocycles. The smallest absolute Gasteiger partial charge is 0.410 e. The molecule has 0 radical (unpaired) electrons. The van der Waals surface area contributed by atoms with Crippen molar-refractivity contribution in [3.8, 4) is 0 Å². The average Bonchev–Trinajstić information content (AvgIpc) is 2.74. The molecule has 1 N–H and O–H groups in total. The number of halogens is 1. The van der Waals surface area contributed by atoms with Crippen LogP contribution in [0.4, 0.5) is 4.79 Å². The number of amides is 2. The number of carbonyl (C=O) groups excluding carboxylic acids is 2. The average molecular weight is 306 g/mol. The van der Waals surface area contributed by atoms with Gasteiger partial charge in [0.1, 0.15) is 6.04 Å². The van der Waals surface area contributed by atoms with Gasteiger partial charge in [0.2, 0.25) is 5.91 Å². The molecule has 1 atom stereocenters. The second kappa shape index (κ2) is 8.32. The lowest BCUT2D eigenvalue weighted by atomic mass is 10.0. The Labute approximate surface area is 126 Å². The van der Waals surface area contributed by atoms with E-state index in [-0.39, 0.29) is 30.4 Å². The minimum Gasteiger partial charge on any atom is -0.453 e. The van der Waals surface area contributed by atoms with Gasteiger partial charge in [0.25, 0.3) is 0 Å². The highest BCUT2D eigenvalue weighted by atomic mass is 35.5. The number of methoxy groups -OCH3 is 1. The molecule has 20 heavy (non-hydrogen) atoms. The Kier molecular flexibility index (Phi) is 7.09. The van der Waals surface area contributed by atoms with Crippen LogP contribution < -0.4 is 5.32 Å². The number of piperidine rings is 1. The first-order valence-corrected chi connectivity index (χ1v) is 7.08. The third-order valence-corrected chi connectivity index (χ3v) is 3.85. The lowest BCUT2D eigenvalue weighted by Gasteiger charge is -2.36. The fourth-order valence-electron chi connectivity index (χ4n) is 2.80. The number of nitrogens with one attached hydrogen (secondary N) is 1. The summed E-state index contributed by atoms with van der Waals surface area (Å²) < 4.78 is 4.79. The summed E-state index contributed by atoms with van der Waals surface area (Å²) in [5.41, 5.74) is 0. The zero-order chi connectivity index (χ0) is 13.7. The van der Waals surface area contributed by atoms with Crippen LogP contribution in [0.3, 0.4) is 0 Å². The van der Waals surface area contributed by atoms with E-state index in [1.807, 2.05) is 4.90 Å². The van der Waals surface area contributed by atoms with E-state index in [2.05, 4.69) is 5.32 Å². The standard InChI is InChI=1S/C13H23N3O3.ClH/c1-19-13(18)16-9-3-2-5-11(16)12(17)15-8-4-6-14-7-10-15;/h11,14H,2-10H2,1H3;1H. The summed E-state index contributed by atoms with van der Waals surface area (Å²) in [7, 11) is 1.37. The van der Waals surface area contributed by atoms with Crippen LogP contribution >= 0.6 is 12.4 Å². The van der Waals surface area contributed by atoms with Crippen molar-refractivity contribution in [1.29, 1.82) is 0 Å². The highest BCUT2D eigenvalue weighted by Gasteiger charge is 2.35. The Morgan fingerprint density at radius 2 is 1.90 bits per heavy atom. The molecule has 1 unspecified atom stereocenters. The number of ether oxygens (including phenoxy) is 1. The number of carbonyl (C=O) groups is 2. The van der Waals surface area contributed by atoms with E-state index in [1.54, 1.807) is 4.90 Å². The summed E-state index contributed by atoms with van der Waals surface area (Å²) in [6.45, 7) is 3.91. The van der Waals surface area contributed by atoms with Gasteiger partial charge in [-0.3, -0.25) is 9.69 Å². The highest BCUT2D eigenvalue weighted by Crippen LogP contribution is 2.20. The molecule has 116 valence electrons. The van der Waals surface area contributed by atoms with Crippen molar-refractivity contribution in [3.63, 3.8) is 0 Å². The predicted molar refractivity (Wildman–Crippen MR) is 78.1 cm³/mol. The van der Waals surface area contributed by atoms with E-state index in [4.69, 9.17) is 4.74 Å². The maximum Gasteiger partial charge on any atom is 0.410 e. The topological polar surface area (TPSA) is 61.9 Å². The van der Waals surface area contributed by atoms with Crippen molar-refractivity contribution in [2.45, 2.75) is 31.7 Å². The summed E-state index contributed by atoms with van der Waals surface area (Å²) in [5, 5.41) is 3.28. The zero-order valence-corrected chi connectivity index (χ0v) is 12.8. The fourth-order valence-corrected chi connectivity index (χ4v) is 2.80. The molecule has 2 rings (SSSR count). The van der Waals surface area contributed by atoms with Gasteiger partial charge in [-0.25, -0.2) is 4.79 Å². The Bertz CT molecular complexity index is 333. The molecule has 2 heterocycles. The molecule has 2 fully saturated rings. The van der Waals surface area contributed by atoms with Crippen LogP contribution in [-0.2, 0) is 9.53 Å². The van der Waals surface area contributed by atoms with E-state index in [0.717, 1.165) is 51.9 Å². The van der Waals surface area contributed by atoms with Crippen LogP contribution in [0.15, 0.2) is 0 Å². The predicted octanol–water partition coefficient (Wildman–Crippen LogP) is 0.851. The van der Waals surface area contributed by atoms with Crippen molar-refractivity contribution in [2.75, 3.05) is 39.8 Å². The normalized spacial score (nSPS) is 23.6. The van der Waals surface area contributed by atoms with Gasteiger partial charge in [0, 0.05) is 26.2 Å². The molecule has 0 saturated carbocycles. The molecule has 0 aromatic heterocycles. The molecule has 0 bridgehead atoms. The summed E-state index contributed by atoms with van der Waals surface area (Å²) in [4.78, 5) is 27.8. The van der Waals surface area contributed by atoms with Gasteiger partial charge in [-0.1, -0.05) is 0 Å². The largest absolute Gasteiger partial charge is 0.453 e. The van der Waals surface area contributed by atoms with E-state index in [1.165, 1.54) is 7.11 Å². The Hall–Kier alpha value is -1.01. The summed E-state index contributed by atoms with van der Waals surface area (Å²) >= 11 is 0. The van der Waals surface area contributed by atoms with Gasteiger partial charge in [0.15, 0.2) is 0 Å². The second-order valence-electron chi connectivity index (χ2n) is 5.10. The first kappa shape index (κ1) is 17.0. The number of nitrogens with zero attached hydrogens (tertiary/aromatic N) is 2. The molecule has 2 amide bonds. The molecule has 0 spiro atoms. The third-order valence-electron chi connectivity index (χ3n) is 3.85. The zero-order valence-electron chi connectivity index (χ0n) is 12.0. The van der Waals surface area contributed by atoms with Crippen LogP contribution in [0, 0.1) is 0 Å². The molecule has 2 saturated heterocycles. The molecule has 2 aliphatic heterocycles. The number of hydrogen-bond donors (Lipinski definition) is 1. The summed E-state index contributed by atoms with van der Waals surface area (Å²) in [6.07, 6.45) is 3.27. The van der Waals surface area contributed by atoms with Crippen LogP contribution in [0.1, 0.15) is 25.7 Å². The third kappa shape index (κ3) is 3.99. The summed E-state index contributed by atoms with van der Waals surface area (Å²) in [5.74, 6) is 0.0776. The van der Waals surface area contributed by atoms with Crippen LogP contribution in [0.2, 0.25) is 0 Å². The lowest BCUT2D eigenvalue weighted by molar-refractivity contribution is -0.137. The van der Waals surface area contributed by atoms with Crippen LogP contribution in [-0.4, -0.2) is 67.7 Å². The fraction of sp³-hybridized carbons (Fsp3) is 0.846. The van der Waals surface area contributed by atoms with Gasteiger partial charge < -0.3 is 15.0 Å². The van der Waals surface area contributed by atoms with Crippen molar-refractivity contribution in [2.24, 2.45) is 0 Å². The SMILES string of the molecule is COC(=O)N1CCCCC1C(=O)N1CCCNCC1.Cl. The minimum absolute atomic E-state index is 0. The molecular weight excluding hydrogens is 282 g/mol. The lowest BCUT2D eigenvalue weighted by Crippen LogP contribution is -2.53. The maximum atomic E-state index is 12.6. The quantitative estimate of drug-likeness (QED) is 0.780. The molecular formula is C13H24ClN3O3. The second-order valence-corrected chi connectivity index (χ2v) is 5.10. The number of hydrogen-bond acceptors (Lipinski definition) is 4. The van der Waals surface area contributed by atoms with Gasteiger partial charge >= 0.3 is 6.09 Å². The molecule has 0 aromatic carbocycles. The first-order chi connectivity index (χ1) is 9.24. The summed E-state index contributed by atoms with van der Waals surface area (Å²) in [6, 6.07) is -0.334. The van der Waals surface area contributed by atoms with E-state index in [9.17, 15) is 9.59 Å². The Morgan fingerprint density at radius 1 is 1.10 bits per heavy atom. The molecule has 6 nitrogen and oxygen atoms in total. The van der Waals surface area contributed by atoms with Crippen molar-refractivity contribution in [1.82, 2.24) is 15.1 Å². The van der Waals surface area contributed by atoms with E-state index < -0.39 is 0 Å². The van der Waals surface area contributed by atoms with Crippen molar-refractivity contribution < 1.29 is 14.3 Å². The van der Waals surface area contributed by atoms with Crippen LogP contribution in [0.25, 0.3) is 0 Å². The monoisotopic (exact) mass is 305 g/mol. The minimum atomic E-state index is -0.383. The van der Waals surface area contributed by atoms with E-state index >= 15 is 0 Å². The van der Waals surface area contributed by atoms with Gasteiger partial charge in [0.05, 0.1) is 7.11 Å². The number of rotatable bonds is 1. The van der Waals surface area contributed by atoms with Gasteiger partial charge in [-0.05, 0) is 32.2 Å². The number of likely N-dealkylation sites (tertiary alicyclic amines) is 1. The Balaban J connectivity index is 0.00000200. The Morgan fingerprint density at radius 3 is 2.65 bits per heavy atom. The van der Waals surface area contributed by atoms with Crippen LogP contribution in [0.5, 0.6) is 0 Å².